The van der Waals surface area contributed by atoms with Gasteiger partial charge in [-0.2, -0.15) is 0 Å². The molecule has 2 saturated heterocycles. The minimum atomic E-state index is -1.36. The molecule has 7 unspecified atom stereocenters. The Morgan fingerprint density at radius 1 is 1.08 bits per heavy atom. The molecule has 0 saturated carbocycles. The van der Waals surface area contributed by atoms with E-state index in [0.29, 0.717) is 18.6 Å². The summed E-state index contributed by atoms with van der Waals surface area (Å²) in [5, 5.41) is 31.9. The minimum Gasteiger partial charge on any atom is -0.505 e. The highest BCUT2D eigenvalue weighted by Gasteiger charge is 2.41. The third-order valence-corrected chi connectivity index (χ3v) is 6.97. The van der Waals surface area contributed by atoms with Crippen LogP contribution in [0.1, 0.15) is 36.3 Å². The highest BCUT2D eigenvalue weighted by molar-refractivity contribution is 5.98. The Bertz CT molecular complexity index is 1210. The Hall–Kier alpha value is -4.10. The maximum absolute atomic E-state index is 13.6. The van der Waals surface area contributed by atoms with Gasteiger partial charge in [0.05, 0.1) is 30.2 Å². The maximum Gasteiger partial charge on any atom is 0.274 e. The summed E-state index contributed by atoms with van der Waals surface area (Å²) in [5.74, 6) is -4.15. The number of rotatable bonds is 5. The van der Waals surface area contributed by atoms with Crippen LogP contribution in [0.5, 0.6) is 5.75 Å². The molecule has 2 aliphatic heterocycles. The van der Waals surface area contributed by atoms with Gasteiger partial charge in [0, 0.05) is 25.2 Å². The Balaban J connectivity index is 1.67. The fraction of sp³-hybridized carbons (Fsp3) is 0.462. The van der Waals surface area contributed by atoms with Gasteiger partial charge in [-0.1, -0.05) is 13.0 Å². The molecular weight excluding hydrogens is 508 g/mol. The minimum absolute atomic E-state index is 0.135. The molecule has 2 fully saturated rings. The van der Waals surface area contributed by atoms with E-state index >= 15 is 0 Å². The first-order valence-corrected chi connectivity index (χ1v) is 12.7. The lowest BCUT2D eigenvalue weighted by atomic mass is 9.91. The van der Waals surface area contributed by atoms with E-state index in [-0.39, 0.29) is 17.9 Å². The first-order chi connectivity index (χ1) is 18.7. The predicted octanol–water partition coefficient (Wildman–Crippen LogP) is -1.20. The molecule has 0 spiro atoms. The van der Waals surface area contributed by atoms with E-state index < -0.39 is 65.9 Å². The summed E-state index contributed by atoms with van der Waals surface area (Å²) in [5.41, 5.74) is 0.395. The normalized spacial score (nSPS) is 29.9. The van der Waals surface area contributed by atoms with Crippen molar-refractivity contribution in [3.63, 3.8) is 0 Å². The second kappa shape index (κ2) is 12.2. The van der Waals surface area contributed by atoms with Crippen molar-refractivity contribution >= 4 is 23.6 Å². The number of pyridine rings is 2. The zero-order valence-electron chi connectivity index (χ0n) is 21.5. The van der Waals surface area contributed by atoms with Gasteiger partial charge in [-0.05, 0) is 43.5 Å². The van der Waals surface area contributed by atoms with E-state index in [1.54, 1.807) is 24.5 Å². The quantitative estimate of drug-likeness (QED) is 0.270. The lowest BCUT2D eigenvalue weighted by Gasteiger charge is -2.37. The van der Waals surface area contributed by atoms with Gasteiger partial charge in [0.2, 0.25) is 17.7 Å². The highest BCUT2D eigenvalue weighted by atomic mass is 16.5. The number of hydrogen-bond donors (Lipinski definition) is 6. The lowest BCUT2D eigenvalue weighted by Crippen LogP contribution is -2.66. The van der Waals surface area contributed by atoms with Crippen molar-refractivity contribution in [1.29, 1.82) is 0 Å². The van der Waals surface area contributed by atoms with Gasteiger partial charge in [0.1, 0.15) is 17.8 Å². The molecule has 7 atom stereocenters. The molecule has 0 bridgehead atoms. The van der Waals surface area contributed by atoms with Crippen LogP contribution in [0.2, 0.25) is 0 Å². The van der Waals surface area contributed by atoms with Gasteiger partial charge in [-0.3, -0.25) is 24.2 Å². The summed E-state index contributed by atoms with van der Waals surface area (Å²) in [6.45, 7) is 3.44. The van der Waals surface area contributed by atoms with Crippen molar-refractivity contribution in [2.75, 3.05) is 6.61 Å². The summed E-state index contributed by atoms with van der Waals surface area (Å²) >= 11 is 0. The summed E-state index contributed by atoms with van der Waals surface area (Å²) in [4.78, 5) is 60.8. The summed E-state index contributed by atoms with van der Waals surface area (Å²) < 4.78 is 5.46. The maximum atomic E-state index is 13.6. The number of ether oxygens (including phenoxy) is 1. The van der Waals surface area contributed by atoms with E-state index in [2.05, 4.69) is 31.2 Å². The van der Waals surface area contributed by atoms with Gasteiger partial charge in [0.15, 0.2) is 5.69 Å². The Morgan fingerprint density at radius 2 is 1.82 bits per heavy atom. The van der Waals surface area contributed by atoms with Crippen LogP contribution < -0.4 is 21.3 Å². The highest BCUT2D eigenvalue weighted by Crippen LogP contribution is 2.19. The van der Waals surface area contributed by atoms with Crippen LogP contribution >= 0.6 is 0 Å². The van der Waals surface area contributed by atoms with Crippen LogP contribution in [0.3, 0.4) is 0 Å². The van der Waals surface area contributed by atoms with Gasteiger partial charge in [-0.15, -0.1) is 0 Å². The summed E-state index contributed by atoms with van der Waals surface area (Å²) in [6.07, 6.45) is 3.21. The van der Waals surface area contributed by atoms with Crippen molar-refractivity contribution in [2.45, 2.75) is 63.1 Å². The van der Waals surface area contributed by atoms with Gasteiger partial charge in [-0.25, -0.2) is 4.98 Å². The molecule has 2 aromatic heterocycles. The SMILES string of the molecule is CC1NC(=O)C(C2CCO2)NC(=O)C(C)C(O)C(Cc2cccnc2)NC(=O)C1NC(=O)c1ncccc1O. The summed E-state index contributed by atoms with van der Waals surface area (Å²) in [6, 6.07) is 1.87. The molecular formula is C26H32N6O7. The van der Waals surface area contributed by atoms with Crippen molar-refractivity contribution in [2.24, 2.45) is 5.92 Å². The second-order valence-electron chi connectivity index (χ2n) is 9.76. The number of aromatic hydroxyl groups is 1. The molecule has 208 valence electrons. The molecule has 13 heteroatoms. The average Bonchev–Trinajstić information content (AvgIpc) is 2.89. The van der Waals surface area contributed by atoms with Crippen LogP contribution in [0.4, 0.5) is 0 Å². The Morgan fingerprint density at radius 3 is 2.46 bits per heavy atom. The molecule has 4 rings (SSSR count). The van der Waals surface area contributed by atoms with E-state index in [0.717, 1.165) is 0 Å². The van der Waals surface area contributed by atoms with Crippen molar-refractivity contribution in [3.05, 3.63) is 54.1 Å². The fourth-order valence-corrected chi connectivity index (χ4v) is 4.53. The molecule has 39 heavy (non-hydrogen) atoms. The van der Waals surface area contributed by atoms with Crippen molar-refractivity contribution in [1.82, 2.24) is 31.2 Å². The van der Waals surface area contributed by atoms with Crippen LogP contribution in [0.25, 0.3) is 0 Å². The van der Waals surface area contributed by atoms with Gasteiger partial charge in [0.25, 0.3) is 5.91 Å². The first-order valence-electron chi connectivity index (χ1n) is 12.7. The number of amides is 4. The molecule has 0 aliphatic carbocycles. The van der Waals surface area contributed by atoms with E-state index in [1.165, 1.54) is 32.2 Å². The third-order valence-electron chi connectivity index (χ3n) is 6.97. The third kappa shape index (κ3) is 6.49. The average molecular weight is 541 g/mol. The molecule has 0 aromatic carbocycles. The number of aromatic nitrogens is 2. The summed E-state index contributed by atoms with van der Waals surface area (Å²) in [7, 11) is 0. The number of aliphatic hydroxyl groups excluding tert-OH is 1. The lowest BCUT2D eigenvalue weighted by molar-refractivity contribution is -0.144. The molecule has 13 nitrogen and oxygen atoms in total. The van der Waals surface area contributed by atoms with Gasteiger partial charge >= 0.3 is 0 Å². The second-order valence-corrected chi connectivity index (χ2v) is 9.76. The number of aliphatic hydroxyl groups is 1. The molecule has 6 N–H and O–H groups in total. The van der Waals surface area contributed by atoms with Crippen molar-refractivity contribution < 1.29 is 34.1 Å². The van der Waals surface area contributed by atoms with Crippen LogP contribution in [0, 0.1) is 5.92 Å². The number of carbonyl (C=O) groups excluding carboxylic acids is 4. The van der Waals surface area contributed by atoms with E-state index in [9.17, 15) is 29.4 Å². The van der Waals surface area contributed by atoms with Crippen molar-refractivity contribution in [3.8, 4) is 5.75 Å². The van der Waals surface area contributed by atoms with Gasteiger partial charge < -0.3 is 36.2 Å². The molecule has 2 aliphatic rings. The van der Waals surface area contributed by atoms with E-state index in [1.807, 2.05) is 0 Å². The van der Waals surface area contributed by atoms with Crippen LogP contribution in [-0.2, 0) is 25.5 Å². The van der Waals surface area contributed by atoms with Crippen LogP contribution in [0.15, 0.2) is 42.9 Å². The first kappa shape index (κ1) is 27.9. The predicted molar refractivity (Wildman–Crippen MR) is 136 cm³/mol. The number of nitrogens with one attached hydrogen (secondary N) is 4. The molecule has 4 amide bonds. The topological polar surface area (TPSA) is 192 Å². The molecule has 0 radical (unpaired) electrons. The Kier molecular flexibility index (Phi) is 8.72. The number of hydrogen-bond acceptors (Lipinski definition) is 9. The monoisotopic (exact) mass is 540 g/mol. The molecule has 2 aromatic rings. The smallest absolute Gasteiger partial charge is 0.274 e. The number of carbonyl (C=O) groups is 4. The molecule has 4 heterocycles. The largest absolute Gasteiger partial charge is 0.505 e. The standard InChI is InChI=1S/C26H32N6O7/c1-13-22(34)16(11-15-5-3-8-27-12-15)30-24(36)19(31-25(37)20-17(33)6-4-9-28-20)14(2)29-26(38)21(32-23(13)35)18-7-10-39-18/h3-6,8-9,12-14,16,18-19,21-22,33-34H,7,10-11H2,1-2H3,(H,29,38)(H,30,36)(H,31,37)(H,32,35). The van der Waals surface area contributed by atoms with Crippen LogP contribution in [-0.4, -0.2) is 86.8 Å². The zero-order chi connectivity index (χ0) is 28.1. The zero-order valence-corrected chi connectivity index (χ0v) is 21.5. The number of nitrogens with zero attached hydrogens (tertiary/aromatic N) is 2. The Labute approximate surface area is 224 Å². The van der Waals surface area contributed by atoms with E-state index in [4.69, 9.17) is 4.74 Å². The fourth-order valence-electron chi connectivity index (χ4n) is 4.53.